The zero-order valence-electron chi connectivity index (χ0n) is 21.0. The monoisotopic (exact) mass is 565 g/mol. The molecule has 9 nitrogen and oxygen atoms in total. The molecule has 0 heterocycles. The lowest BCUT2D eigenvalue weighted by atomic mass is 10.2. The number of carbonyl (C=O) groups is 1. The van der Waals surface area contributed by atoms with Crippen molar-refractivity contribution in [3.05, 3.63) is 115 Å². The Kier molecular flexibility index (Phi) is 8.52. The van der Waals surface area contributed by atoms with Crippen LogP contribution in [0.25, 0.3) is 0 Å². The number of carbonyl (C=O) groups excluding carboxylic acids is 1. The number of nitrogens with zero attached hydrogens (tertiary/aromatic N) is 1. The Labute approximate surface area is 228 Å². The lowest BCUT2D eigenvalue weighted by Crippen LogP contribution is -2.37. The van der Waals surface area contributed by atoms with E-state index in [-0.39, 0.29) is 4.90 Å². The number of benzene rings is 4. The fourth-order valence-corrected chi connectivity index (χ4v) is 5.53. The molecule has 4 rings (SSSR count). The molecule has 0 radical (unpaired) electrons. The SMILES string of the molecule is CS(=O)(=O)N(CC(=O)Nc1ccc(S(=O)(=O)Nc2ccccc2)cc1)c1ccc(OCc2ccccc2)cc1. The van der Waals surface area contributed by atoms with Gasteiger partial charge in [-0.05, 0) is 66.2 Å². The van der Waals surface area contributed by atoms with Crippen LogP contribution in [-0.2, 0) is 31.4 Å². The number of para-hydroxylation sites is 1. The van der Waals surface area contributed by atoms with Crippen LogP contribution in [0.3, 0.4) is 0 Å². The van der Waals surface area contributed by atoms with Crippen LogP contribution in [0.2, 0.25) is 0 Å². The topological polar surface area (TPSA) is 122 Å². The van der Waals surface area contributed by atoms with E-state index in [4.69, 9.17) is 4.74 Å². The van der Waals surface area contributed by atoms with Crippen molar-refractivity contribution >= 4 is 43.0 Å². The Hall–Kier alpha value is -4.35. The third-order valence-corrected chi connectivity index (χ3v) is 8.07. The van der Waals surface area contributed by atoms with Crippen molar-refractivity contribution in [1.82, 2.24) is 0 Å². The molecule has 0 spiro atoms. The smallest absolute Gasteiger partial charge is 0.261 e. The number of anilines is 3. The fraction of sp³-hybridized carbons (Fsp3) is 0.107. The van der Waals surface area contributed by atoms with E-state index in [9.17, 15) is 21.6 Å². The molecule has 0 saturated heterocycles. The van der Waals surface area contributed by atoms with Gasteiger partial charge in [0, 0.05) is 11.4 Å². The summed E-state index contributed by atoms with van der Waals surface area (Å²) >= 11 is 0. The van der Waals surface area contributed by atoms with Crippen LogP contribution in [0.4, 0.5) is 17.1 Å². The highest BCUT2D eigenvalue weighted by Gasteiger charge is 2.21. The standard InChI is InChI=1S/C28H27N3O6S2/c1-38(33,34)31(25-14-16-26(17-15-25)37-21-22-8-4-2-5-9-22)20-28(32)29-23-12-18-27(19-13-23)39(35,36)30-24-10-6-3-7-11-24/h2-19,30H,20-21H2,1H3,(H,29,32). The zero-order valence-corrected chi connectivity index (χ0v) is 22.7. The highest BCUT2D eigenvalue weighted by molar-refractivity contribution is 7.92. The predicted octanol–water partition coefficient (Wildman–Crippen LogP) is 4.47. The molecular formula is C28H27N3O6S2. The molecule has 2 N–H and O–H groups in total. The van der Waals surface area contributed by atoms with E-state index in [1.54, 1.807) is 54.6 Å². The number of hydrogen-bond acceptors (Lipinski definition) is 6. The van der Waals surface area contributed by atoms with E-state index < -0.39 is 32.5 Å². The first-order chi connectivity index (χ1) is 18.6. The molecule has 202 valence electrons. The van der Waals surface area contributed by atoms with Crippen molar-refractivity contribution in [2.45, 2.75) is 11.5 Å². The maximum Gasteiger partial charge on any atom is 0.261 e. The van der Waals surface area contributed by atoms with Crippen LogP contribution in [0.15, 0.2) is 114 Å². The second kappa shape index (κ2) is 12.0. The van der Waals surface area contributed by atoms with Crippen LogP contribution in [0.5, 0.6) is 5.75 Å². The molecular weight excluding hydrogens is 538 g/mol. The Balaban J connectivity index is 1.39. The summed E-state index contributed by atoms with van der Waals surface area (Å²) in [5.41, 5.74) is 2.03. The molecule has 1 amide bonds. The van der Waals surface area contributed by atoms with Crippen LogP contribution >= 0.6 is 0 Å². The van der Waals surface area contributed by atoms with Crippen molar-refractivity contribution in [2.24, 2.45) is 0 Å². The van der Waals surface area contributed by atoms with E-state index in [1.807, 2.05) is 30.3 Å². The predicted molar refractivity (Wildman–Crippen MR) is 152 cm³/mol. The summed E-state index contributed by atoms with van der Waals surface area (Å²) in [7, 11) is -7.60. The maximum atomic E-state index is 12.7. The van der Waals surface area contributed by atoms with Gasteiger partial charge in [0.25, 0.3) is 10.0 Å². The van der Waals surface area contributed by atoms with Gasteiger partial charge in [-0.25, -0.2) is 16.8 Å². The number of sulfonamides is 2. The van der Waals surface area contributed by atoms with E-state index in [2.05, 4.69) is 10.0 Å². The molecule has 0 aliphatic rings. The minimum Gasteiger partial charge on any atom is -0.489 e. The number of amides is 1. The molecule has 4 aromatic carbocycles. The van der Waals surface area contributed by atoms with Gasteiger partial charge in [0.1, 0.15) is 18.9 Å². The maximum absolute atomic E-state index is 12.7. The molecule has 0 atom stereocenters. The van der Waals surface area contributed by atoms with Gasteiger partial charge in [-0.2, -0.15) is 0 Å². The zero-order chi connectivity index (χ0) is 27.9. The Morgan fingerprint density at radius 1 is 0.744 bits per heavy atom. The largest absolute Gasteiger partial charge is 0.489 e. The summed E-state index contributed by atoms with van der Waals surface area (Å²) in [5, 5.41) is 2.61. The third-order valence-electron chi connectivity index (χ3n) is 5.53. The van der Waals surface area contributed by atoms with Gasteiger partial charge < -0.3 is 10.1 Å². The highest BCUT2D eigenvalue weighted by Crippen LogP contribution is 2.23. The highest BCUT2D eigenvalue weighted by atomic mass is 32.2. The summed E-state index contributed by atoms with van der Waals surface area (Å²) in [6, 6.07) is 30.0. The molecule has 0 aliphatic heterocycles. The number of nitrogens with one attached hydrogen (secondary N) is 2. The van der Waals surface area contributed by atoms with Gasteiger partial charge in [-0.3, -0.25) is 13.8 Å². The van der Waals surface area contributed by atoms with Crippen LogP contribution in [0.1, 0.15) is 5.56 Å². The lowest BCUT2D eigenvalue weighted by molar-refractivity contribution is -0.114. The summed E-state index contributed by atoms with van der Waals surface area (Å²) in [5.74, 6) is -0.0415. The first-order valence-corrected chi connectivity index (χ1v) is 15.2. The Morgan fingerprint density at radius 3 is 1.92 bits per heavy atom. The molecule has 0 saturated carbocycles. The van der Waals surface area contributed by atoms with Crippen molar-refractivity contribution in [3.8, 4) is 5.75 Å². The quantitative estimate of drug-likeness (QED) is 0.277. The van der Waals surface area contributed by atoms with Crippen molar-refractivity contribution < 1.29 is 26.4 Å². The van der Waals surface area contributed by atoms with Gasteiger partial charge in [-0.1, -0.05) is 48.5 Å². The van der Waals surface area contributed by atoms with Gasteiger partial charge in [0.2, 0.25) is 15.9 Å². The summed E-state index contributed by atoms with van der Waals surface area (Å²) in [6.45, 7) is -0.112. The second-order valence-electron chi connectivity index (χ2n) is 8.58. The van der Waals surface area contributed by atoms with Crippen LogP contribution < -0.4 is 19.1 Å². The molecule has 39 heavy (non-hydrogen) atoms. The normalized spacial score (nSPS) is 11.4. The van der Waals surface area contributed by atoms with E-state index in [0.29, 0.717) is 29.4 Å². The van der Waals surface area contributed by atoms with E-state index >= 15 is 0 Å². The molecule has 0 unspecified atom stereocenters. The second-order valence-corrected chi connectivity index (χ2v) is 12.2. The molecule has 0 fully saturated rings. The van der Waals surface area contributed by atoms with Gasteiger partial charge >= 0.3 is 0 Å². The van der Waals surface area contributed by atoms with Crippen LogP contribution in [-0.4, -0.2) is 35.5 Å². The average Bonchev–Trinajstić information content (AvgIpc) is 2.91. The molecule has 11 heteroatoms. The van der Waals surface area contributed by atoms with Crippen molar-refractivity contribution in [2.75, 3.05) is 27.1 Å². The summed E-state index contributed by atoms with van der Waals surface area (Å²) < 4.78 is 59.3. The lowest BCUT2D eigenvalue weighted by Gasteiger charge is -2.22. The Bertz CT molecular complexity index is 1610. The van der Waals surface area contributed by atoms with E-state index in [1.165, 1.54) is 24.3 Å². The number of rotatable bonds is 11. The van der Waals surface area contributed by atoms with Gasteiger partial charge in [0.15, 0.2) is 0 Å². The summed E-state index contributed by atoms with van der Waals surface area (Å²) in [4.78, 5) is 12.7. The third kappa shape index (κ3) is 7.82. The fourth-order valence-electron chi connectivity index (χ4n) is 3.62. The van der Waals surface area contributed by atoms with Crippen molar-refractivity contribution in [1.29, 1.82) is 0 Å². The molecule has 0 aliphatic carbocycles. The van der Waals surface area contributed by atoms with E-state index in [0.717, 1.165) is 16.1 Å². The van der Waals surface area contributed by atoms with Crippen LogP contribution in [0, 0.1) is 0 Å². The Morgan fingerprint density at radius 2 is 1.33 bits per heavy atom. The average molecular weight is 566 g/mol. The first kappa shape index (κ1) is 27.7. The van der Waals surface area contributed by atoms with Crippen molar-refractivity contribution in [3.63, 3.8) is 0 Å². The molecule has 0 aromatic heterocycles. The van der Waals surface area contributed by atoms with Gasteiger partial charge in [-0.15, -0.1) is 0 Å². The minimum atomic E-state index is -3.82. The summed E-state index contributed by atoms with van der Waals surface area (Å²) in [6.07, 6.45) is 1.01. The first-order valence-electron chi connectivity index (χ1n) is 11.8. The molecule has 0 bridgehead atoms. The minimum absolute atomic E-state index is 0.0108. The number of ether oxygens (including phenoxy) is 1. The van der Waals surface area contributed by atoms with Gasteiger partial charge in [0.05, 0.1) is 16.8 Å². The molecule has 4 aromatic rings. The number of hydrogen-bond donors (Lipinski definition) is 2.